The van der Waals surface area contributed by atoms with Crippen molar-refractivity contribution in [3.8, 4) is 11.8 Å². The molecule has 1 fully saturated rings. The lowest BCUT2D eigenvalue weighted by Crippen LogP contribution is -2.27. The molecule has 1 aromatic carbocycles. The first-order valence-corrected chi connectivity index (χ1v) is 8.45. The zero-order valence-corrected chi connectivity index (χ0v) is 13.3. The molecular weight excluding hydrogens is 306 g/mol. The van der Waals surface area contributed by atoms with Crippen molar-refractivity contribution < 1.29 is 9.90 Å². The highest BCUT2D eigenvalue weighted by Gasteiger charge is 2.22. The van der Waals surface area contributed by atoms with Gasteiger partial charge in [-0.25, -0.2) is 0 Å². The second kappa shape index (κ2) is 8.33. The molecular formula is C16H18ClNO2S. The zero-order chi connectivity index (χ0) is 15.1. The monoisotopic (exact) mass is 323 g/mol. The van der Waals surface area contributed by atoms with E-state index in [1.165, 1.54) is 6.42 Å². The van der Waals surface area contributed by atoms with Crippen molar-refractivity contribution in [1.29, 1.82) is 0 Å². The normalized spacial score (nSPS) is 17.7. The third kappa shape index (κ3) is 4.96. The maximum atomic E-state index is 12.3. The number of halogens is 1. The van der Waals surface area contributed by atoms with Crippen LogP contribution in [0.2, 0.25) is 5.02 Å². The lowest BCUT2D eigenvalue weighted by atomic mass is 10.1. The van der Waals surface area contributed by atoms with Gasteiger partial charge in [0.05, 0.1) is 17.5 Å². The molecule has 1 amide bonds. The smallest absolute Gasteiger partial charge is 0.237 e. The fourth-order valence-corrected chi connectivity index (χ4v) is 3.47. The van der Waals surface area contributed by atoms with Crippen LogP contribution in [-0.4, -0.2) is 28.6 Å². The number of hydrogen-bond donors (Lipinski definition) is 2. The first kappa shape index (κ1) is 16.2. The maximum Gasteiger partial charge on any atom is 0.237 e. The number of rotatable bonds is 3. The fraction of sp³-hybridized carbons (Fsp3) is 0.438. The Morgan fingerprint density at radius 2 is 2.33 bits per heavy atom. The molecule has 0 bridgehead atoms. The molecule has 1 atom stereocenters. The Hall–Kier alpha value is -1.15. The van der Waals surface area contributed by atoms with Crippen LogP contribution in [0.1, 0.15) is 31.2 Å². The van der Waals surface area contributed by atoms with Crippen molar-refractivity contribution in [2.24, 2.45) is 0 Å². The first-order chi connectivity index (χ1) is 10.2. The van der Waals surface area contributed by atoms with Crippen LogP contribution in [0.5, 0.6) is 0 Å². The summed E-state index contributed by atoms with van der Waals surface area (Å²) in [6.07, 6.45) is 3.62. The summed E-state index contributed by atoms with van der Waals surface area (Å²) in [5.74, 6) is 6.88. The van der Waals surface area contributed by atoms with Crippen LogP contribution < -0.4 is 5.32 Å². The van der Waals surface area contributed by atoms with E-state index in [0.717, 1.165) is 18.6 Å². The maximum absolute atomic E-state index is 12.3. The topological polar surface area (TPSA) is 49.3 Å². The van der Waals surface area contributed by atoms with Crippen molar-refractivity contribution in [2.45, 2.75) is 30.9 Å². The van der Waals surface area contributed by atoms with Gasteiger partial charge in [-0.05, 0) is 36.8 Å². The summed E-state index contributed by atoms with van der Waals surface area (Å²) in [6.45, 7) is 0.0218. The Morgan fingerprint density at radius 3 is 3.05 bits per heavy atom. The third-order valence-corrected chi connectivity index (χ3v) is 4.78. The van der Waals surface area contributed by atoms with E-state index < -0.39 is 0 Å². The summed E-state index contributed by atoms with van der Waals surface area (Å²) in [5.41, 5.74) is 1.37. The zero-order valence-electron chi connectivity index (χ0n) is 11.7. The number of thioether (sulfide) groups is 1. The third-order valence-electron chi connectivity index (χ3n) is 3.17. The van der Waals surface area contributed by atoms with Crippen LogP contribution in [0.4, 0.5) is 5.69 Å². The fourth-order valence-electron chi connectivity index (χ4n) is 2.10. The molecule has 1 aliphatic heterocycles. The number of aliphatic hydroxyl groups is 1. The van der Waals surface area contributed by atoms with E-state index >= 15 is 0 Å². The average molecular weight is 324 g/mol. The molecule has 0 saturated carbocycles. The lowest BCUT2D eigenvalue weighted by molar-refractivity contribution is -0.115. The van der Waals surface area contributed by atoms with Crippen molar-refractivity contribution in [3.63, 3.8) is 0 Å². The number of benzene rings is 1. The van der Waals surface area contributed by atoms with E-state index in [-0.39, 0.29) is 17.8 Å². The molecule has 1 aromatic rings. The first-order valence-electron chi connectivity index (χ1n) is 7.02. The summed E-state index contributed by atoms with van der Waals surface area (Å²) in [4.78, 5) is 12.3. The van der Waals surface area contributed by atoms with E-state index in [1.807, 2.05) is 0 Å². The van der Waals surface area contributed by atoms with Crippen molar-refractivity contribution >= 4 is 35.0 Å². The molecule has 1 saturated heterocycles. The molecule has 21 heavy (non-hydrogen) atoms. The summed E-state index contributed by atoms with van der Waals surface area (Å²) in [5, 5.41) is 12.3. The number of hydrogen-bond acceptors (Lipinski definition) is 3. The summed E-state index contributed by atoms with van der Waals surface area (Å²) < 4.78 is 0. The van der Waals surface area contributed by atoms with Gasteiger partial charge in [-0.2, -0.15) is 0 Å². The van der Waals surface area contributed by atoms with Gasteiger partial charge in [0.25, 0.3) is 0 Å². The molecule has 5 heteroatoms. The highest BCUT2D eigenvalue weighted by atomic mass is 35.5. The van der Waals surface area contributed by atoms with Crippen LogP contribution in [0, 0.1) is 11.8 Å². The minimum Gasteiger partial charge on any atom is -0.395 e. The van der Waals surface area contributed by atoms with Gasteiger partial charge in [0.15, 0.2) is 0 Å². The van der Waals surface area contributed by atoms with E-state index in [2.05, 4.69) is 17.2 Å². The second-order valence-corrected chi connectivity index (χ2v) is 6.56. The molecule has 3 nitrogen and oxygen atoms in total. The Morgan fingerprint density at radius 1 is 1.48 bits per heavy atom. The van der Waals surface area contributed by atoms with Crippen LogP contribution in [0.15, 0.2) is 18.2 Å². The highest BCUT2D eigenvalue weighted by Crippen LogP contribution is 2.27. The van der Waals surface area contributed by atoms with E-state index in [4.69, 9.17) is 16.7 Å². The van der Waals surface area contributed by atoms with Gasteiger partial charge in [0.2, 0.25) is 5.91 Å². The van der Waals surface area contributed by atoms with Gasteiger partial charge >= 0.3 is 0 Å². The number of carbonyl (C=O) groups excluding carboxylic acids is 1. The van der Waals surface area contributed by atoms with E-state index in [1.54, 1.807) is 30.0 Å². The number of amides is 1. The summed E-state index contributed by atoms with van der Waals surface area (Å²) in [7, 11) is 0. The number of aliphatic hydroxyl groups excluding tert-OH is 1. The Balaban J connectivity index is 2.11. The van der Waals surface area contributed by atoms with E-state index in [9.17, 15) is 4.79 Å². The minimum atomic E-state index is 0.0210. The van der Waals surface area contributed by atoms with Crippen molar-refractivity contribution in [3.05, 3.63) is 28.8 Å². The van der Waals surface area contributed by atoms with Crippen molar-refractivity contribution in [2.75, 3.05) is 17.7 Å². The number of anilines is 1. The predicted octanol–water partition coefficient (Wildman–Crippen LogP) is 3.30. The van der Waals surface area contributed by atoms with Crippen LogP contribution >= 0.6 is 23.4 Å². The quantitative estimate of drug-likeness (QED) is 0.839. The number of carbonyl (C=O) groups is 1. The molecule has 112 valence electrons. The average Bonchev–Trinajstić information content (AvgIpc) is 2.51. The van der Waals surface area contributed by atoms with Gasteiger partial charge in [0, 0.05) is 17.0 Å². The van der Waals surface area contributed by atoms with Gasteiger partial charge in [-0.3, -0.25) is 4.79 Å². The van der Waals surface area contributed by atoms with Crippen LogP contribution in [0.25, 0.3) is 0 Å². The van der Waals surface area contributed by atoms with Crippen LogP contribution in [-0.2, 0) is 4.79 Å². The predicted molar refractivity (Wildman–Crippen MR) is 88.8 cm³/mol. The molecule has 1 unspecified atom stereocenters. The van der Waals surface area contributed by atoms with E-state index in [0.29, 0.717) is 22.7 Å². The largest absolute Gasteiger partial charge is 0.395 e. The Kier molecular flexibility index (Phi) is 6.44. The Labute approximate surface area is 134 Å². The summed E-state index contributed by atoms with van der Waals surface area (Å²) in [6, 6.07) is 5.24. The molecule has 1 heterocycles. The molecule has 0 aliphatic carbocycles. The number of nitrogens with one attached hydrogen (secondary N) is 1. The molecule has 2 N–H and O–H groups in total. The van der Waals surface area contributed by atoms with Gasteiger partial charge in [-0.15, -0.1) is 11.8 Å². The molecule has 0 aromatic heterocycles. The lowest BCUT2D eigenvalue weighted by Gasteiger charge is -2.20. The van der Waals surface area contributed by atoms with Crippen molar-refractivity contribution in [1.82, 2.24) is 0 Å². The Bertz CT molecular complexity index is 559. The molecule has 0 spiro atoms. The minimum absolute atomic E-state index is 0.0210. The molecule has 2 rings (SSSR count). The molecule has 1 aliphatic rings. The van der Waals surface area contributed by atoms with Gasteiger partial charge in [-0.1, -0.05) is 29.9 Å². The van der Waals surface area contributed by atoms with Gasteiger partial charge in [0.1, 0.15) is 0 Å². The molecule has 0 radical (unpaired) electrons. The highest BCUT2D eigenvalue weighted by molar-refractivity contribution is 8.00. The van der Waals surface area contributed by atoms with Gasteiger partial charge < -0.3 is 10.4 Å². The SMILES string of the molecule is O=C(Nc1ccc(Cl)cc1C#CCCO)C1CCCCS1. The van der Waals surface area contributed by atoms with Crippen LogP contribution in [0.3, 0.4) is 0 Å². The summed E-state index contributed by atoms with van der Waals surface area (Å²) >= 11 is 7.69. The second-order valence-electron chi connectivity index (χ2n) is 4.81. The standard InChI is InChI=1S/C16H18ClNO2S/c17-13-7-8-14(12(11-13)5-1-3-9-19)18-16(20)15-6-2-4-10-21-15/h7-8,11,15,19H,2-4,6,9-10H2,(H,18,20).